The fourth-order valence-electron chi connectivity index (χ4n) is 4.13. The van der Waals surface area contributed by atoms with Crippen LogP contribution >= 0.6 is 11.6 Å². The van der Waals surface area contributed by atoms with E-state index in [4.69, 9.17) is 11.6 Å². The minimum absolute atomic E-state index is 0.238. The van der Waals surface area contributed by atoms with Gasteiger partial charge < -0.3 is 0 Å². The van der Waals surface area contributed by atoms with Gasteiger partial charge in [0.2, 0.25) is 5.24 Å². The normalized spacial score (nSPS) is 10.7. The summed E-state index contributed by atoms with van der Waals surface area (Å²) in [6.07, 6.45) is 4.08. The van der Waals surface area contributed by atoms with Crippen LogP contribution in [0.25, 0.3) is 0 Å². The third-order valence-corrected chi connectivity index (χ3v) is 5.73. The van der Waals surface area contributed by atoms with Gasteiger partial charge in [-0.05, 0) is 18.0 Å². The fraction of sp³-hybridized carbons (Fsp3) is 0.269. The van der Waals surface area contributed by atoms with Crippen molar-refractivity contribution in [2.45, 2.75) is 45.9 Å². The average molecular weight is 406 g/mol. The number of rotatable bonds is 8. The predicted molar refractivity (Wildman–Crippen MR) is 129 cm³/mol. The molecule has 0 aliphatic carbocycles. The molecule has 3 rings (SSSR count). The molecule has 152 valence electrons. The molecule has 0 unspecified atom stereocenters. The summed E-state index contributed by atoms with van der Waals surface area (Å²) >= 11 is 4.94. The molecule has 0 radical (unpaired) electrons. The maximum Gasteiger partial charge on any atom is 0.221 e. The van der Waals surface area contributed by atoms with Gasteiger partial charge >= 0.3 is 0 Å². The second-order valence-electron chi connectivity index (χ2n) is 7.52. The van der Waals surface area contributed by atoms with E-state index in [1.54, 1.807) is 0 Å². The van der Waals surface area contributed by atoms with Crippen molar-refractivity contribution in [3.05, 3.63) is 91.0 Å². The van der Waals surface area contributed by atoms with Crippen LogP contribution in [0.1, 0.15) is 39.5 Å². The van der Waals surface area contributed by atoms with Crippen molar-refractivity contribution in [3.63, 3.8) is 0 Å². The molecule has 3 aromatic rings. The quantitative estimate of drug-likeness (QED) is 0.357. The highest BCUT2D eigenvalue weighted by Gasteiger charge is 2.28. The molecule has 3 aromatic carbocycles. The van der Waals surface area contributed by atoms with Crippen molar-refractivity contribution in [3.8, 4) is 0 Å². The smallest absolute Gasteiger partial charge is 0.221 e. The molecule has 29 heavy (non-hydrogen) atoms. The summed E-state index contributed by atoms with van der Waals surface area (Å²) in [6, 6.07) is 33.2. The van der Waals surface area contributed by atoms with Crippen LogP contribution in [0, 0.1) is 0 Å². The van der Waals surface area contributed by atoms with Gasteiger partial charge in [-0.15, -0.1) is 0 Å². The van der Waals surface area contributed by atoms with E-state index < -0.39 is 6.15 Å². The molecule has 0 amide bonds. The Labute approximate surface area is 181 Å². The topological polar surface area (TPSA) is 17.1 Å². The van der Waals surface area contributed by atoms with Crippen molar-refractivity contribution in [1.29, 1.82) is 0 Å². The second kappa shape index (κ2) is 12.3. The molecule has 0 N–H and O–H groups in total. The lowest BCUT2D eigenvalue weighted by molar-refractivity contribution is -0.111. The van der Waals surface area contributed by atoms with Crippen molar-refractivity contribution in [2.24, 2.45) is 0 Å². The van der Waals surface area contributed by atoms with Crippen LogP contribution in [-0.2, 0) is 4.79 Å². The molecule has 0 aromatic heterocycles. The molecule has 0 fully saturated rings. The zero-order valence-electron chi connectivity index (χ0n) is 17.6. The third kappa shape index (κ3) is 6.34. The first-order chi connectivity index (χ1) is 14.1. The molecule has 0 heterocycles. The van der Waals surface area contributed by atoms with Gasteiger partial charge in [0, 0.05) is 6.42 Å². The summed E-state index contributed by atoms with van der Waals surface area (Å²) in [5.74, 6) is 0. The van der Waals surface area contributed by atoms with E-state index in [1.807, 2.05) is 6.92 Å². The van der Waals surface area contributed by atoms with Crippen LogP contribution in [0.5, 0.6) is 0 Å². The minimum atomic E-state index is -0.913. The molecular weight excluding hydrogens is 375 g/mol. The first-order valence-corrected chi connectivity index (χ1v) is 11.0. The Balaban J connectivity index is 0.000000438. The van der Waals surface area contributed by atoms with Crippen LogP contribution in [0.4, 0.5) is 0 Å². The van der Waals surface area contributed by atoms with Gasteiger partial charge in [-0.25, -0.2) is 0 Å². The summed E-state index contributed by atoms with van der Waals surface area (Å²) in [6.45, 7) is 4.20. The molecule has 1 nitrogen and oxygen atoms in total. The van der Waals surface area contributed by atoms with Crippen LogP contribution in [0.2, 0.25) is 6.32 Å². The van der Waals surface area contributed by atoms with Crippen molar-refractivity contribution >= 4 is 39.4 Å². The van der Waals surface area contributed by atoms with Crippen molar-refractivity contribution in [1.82, 2.24) is 0 Å². The number of unbranched alkanes of at least 4 members (excludes halogenated alkanes) is 1. The maximum absolute atomic E-state index is 9.81. The van der Waals surface area contributed by atoms with Crippen LogP contribution in [0.3, 0.4) is 0 Å². The highest BCUT2D eigenvalue weighted by Crippen LogP contribution is 2.16. The monoisotopic (exact) mass is 405 g/mol. The van der Waals surface area contributed by atoms with E-state index in [0.29, 0.717) is 6.42 Å². The lowest BCUT2D eigenvalue weighted by atomic mass is 9.14. The first-order valence-electron chi connectivity index (χ1n) is 10.7. The Kier molecular flexibility index (Phi) is 9.73. The van der Waals surface area contributed by atoms with E-state index in [2.05, 4.69) is 97.9 Å². The standard InChI is InChI=1S/C22H24B.C4H7ClO/c1-2-3-19-23(20-13-7-4-8-14-20,21-15-9-5-10-16-21)22-17-11-6-12-18-22;1-2-3-4(5)6/h4-18H,2-3,19H2,1H3;2-3H2,1H3/q-1;. The van der Waals surface area contributed by atoms with Crippen LogP contribution in [0.15, 0.2) is 91.0 Å². The Morgan fingerprint density at radius 3 is 1.31 bits per heavy atom. The number of hydrogen-bond donors (Lipinski definition) is 0. The zero-order chi connectivity index (χ0) is 21.0. The number of hydrogen-bond acceptors (Lipinski definition) is 1. The number of halogens is 1. The third-order valence-electron chi connectivity index (χ3n) is 5.54. The second-order valence-corrected chi connectivity index (χ2v) is 7.95. The van der Waals surface area contributed by atoms with Gasteiger partial charge in [0.25, 0.3) is 0 Å². The summed E-state index contributed by atoms with van der Waals surface area (Å²) in [7, 11) is 0. The molecule has 0 atom stereocenters. The Hall–Kier alpha value is -2.32. The van der Waals surface area contributed by atoms with Crippen LogP contribution < -0.4 is 16.4 Å². The summed E-state index contributed by atoms with van der Waals surface area (Å²) in [5, 5.41) is -0.238. The molecule has 0 spiro atoms. The molecule has 0 aliphatic rings. The number of carbonyl (C=O) groups is 1. The zero-order valence-corrected chi connectivity index (χ0v) is 18.3. The Bertz CT molecular complexity index is 738. The summed E-state index contributed by atoms with van der Waals surface area (Å²) < 4.78 is 0. The van der Waals surface area contributed by atoms with Gasteiger partial charge in [-0.2, -0.15) is 22.7 Å². The highest BCUT2D eigenvalue weighted by molar-refractivity contribution is 7.11. The van der Waals surface area contributed by atoms with Gasteiger partial charge in [0.1, 0.15) is 0 Å². The van der Waals surface area contributed by atoms with Crippen LogP contribution in [-0.4, -0.2) is 11.4 Å². The molecule has 0 bridgehead atoms. The van der Waals surface area contributed by atoms with E-state index in [9.17, 15) is 4.79 Å². The lowest BCUT2D eigenvalue weighted by Crippen LogP contribution is -2.66. The fourth-order valence-corrected chi connectivity index (χ4v) is 4.32. The average Bonchev–Trinajstić information content (AvgIpc) is 2.77. The maximum atomic E-state index is 9.81. The van der Waals surface area contributed by atoms with Crippen molar-refractivity contribution < 1.29 is 4.79 Å². The van der Waals surface area contributed by atoms with Gasteiger partial charge in [-0.3, -0.25) is 4.79 Å². The van der Waals surface area contributed by atoms with Gasteiger partial charge in [-0.1, -0.05) is 118 Å². The number of benzene rings is 3. The molecular formula is C26H31BClO-. The SMILES string of the molecule is CCCC(=O)Cl.CCCC[B-](c1ccccc1)(c1ccccc1)c1ccccc1. The van der Waals surface area contributed by atoms with E-state index >= 15 is 0 Å². The molecule has 0 saturated heterocycles. The molecule has 3 heteroatoms. The molecule has 0 aliphatic heterocycles. The van der Waals surface area contributed by atoms with Crippen molar-refractivity contribution in [2.75, 3.05) is 0 Å². The van der Waals surface area contributed by atoms with E-state index in [1.165, 1.54) is 35.6 Å². The lowest BCUT2D eigenvalue weighted by Gasteiger charge is -2.43. The minimum Gasteiger partial charge on any atom is -0.281 e. The predicted octanol–water partition coefficient (Wildman–Crippen LogP) is 5.51. The van der Waals surface area contributed by atoms with E-state index in [-0.39, 0.29) is 5.24 Å². The molecule has 0 saturated carbocycles. The summed E-state index contributed by atoms with van der Waals surface area (Å²) in [5.41, 5.74) is 4.33. The Morgan fingerprint density at radius 1 is 0.690 bits per heavy atom. The Morgan fingerprint density at radius 2 is 1.07 bits per heavy atom. The number of carbonyl (C=O) groups excluding carboxylic acids is 1. The summed E-state index contributed by atoms with van der Waals surface area (Å²) in [4.78, 5) is 9.81. The van der Waals surface area contributed by atoms with E-state index in [0.717, 1.165) is 6.42 Å². The highest BCUT2D eigenvalue weighted by atomic mass is 35.5. The first kappa shape index (κ1) is 23.0. The van der Waals surface area contributed by atoms with Gasteiger partial charge in [0.15, 0.2) is 0 Å². The largest absolute Gasteiger partial charge is 0.281 e. The van der Waals surface area contributed by atoms with Gasteiger partial charge in [0.05, 0.1) is 6.15 Å².